The first kappa shape index (κ1) is 45.4. The van der Waals surface area contributed by atoms with Gasteiger partial charge in [-0.15, -0.1) is 0 Å². The van der Waals surface area contributed by atoms with E-state index in [4.69, 9.17) is 37.6 Å². The maximum Gasteiger partial charge on any atom is 0.331 e. The number of aromatic hydroxyl groups is 4. The summed E-state index contributed by atoms with van der Waals surface area (Å²) >= 11 is 0. The van der Waals surface area contributed by atoms with Gasteiger partial charge in [0.1, 0.15) is 76.5 Å². The first-order valence-corrected chi connectivity index (χ1v) is 19.2. The van der Waals surface area contributed by atoms with Crippen molar-refractivity contribution < 1.29 is 104 Å². The largest absolute Gasteiger partial charge is 0.508 e. The van der Waals surface area contributed by atoms with E-state index in [0.29, 0.717) is 0 Å². The summed E-state index contributed by atoms with van der Waals surface area (Å²) in [4.78, 5) is 27.2. The van der Waals surface area contributed by atoms with E-state index >= 15 is 0 Å². The molecule has 0 amide bonds. The number of benzene rings is 3. The topological polar surface area (TPSA) is 355 Å². The average molecular weight is 889 g/mol. The number of rotatable bonds is 12. The van der Waals surface area contributed by atoms with Gasteiger partial charge in [0, 0.05) is 23.8 Å². The highest BCUT2D eigenvalue weighted by Gasteiger charge is 2.51. The molecule has 7 rings (SSSR count). The summed E-state index contributed by atoms with van der Waals surface area (Å²) in [5, 5.41) is 124. The minimum Gasteiger partial charge on any atom is -0.508 e. The van der Waals surface area contributed by atoms with E-state index in [0.717, 1.165) is 30.3 Å². The van der Waals surface area contributed by atoms with Crippen LogP contribution in [0.25, 0.3) is 28.4 Å². The van der Waals surface area contributed by atoms with E-state index in [-0.39, 0.29) is 34.0 Å². The molecule has 13 unspecified atom stereocenters. The zero-order valence-electron chi connectivity index (χ0n) is 32.8. The zero-order valence-corrected chi connectivity index (χ0v) is 32.8. The van der Waals surface area contributed by atoms with Crippen molar-refractivity contribution in [1.82, 2.24) is 0 Å². The van der Waals surface area contributed by atoms with Gasteiger partial charge in [0.15, 0.2) is 29.7 Å². The molecule has 0 bridgehead atoms. The maximum absolute atomic E-state index is 14.1. The van der Waals surface area contributed by atoms with Gasteiger partial charge >= 0.3 is 5.97 Å². The van der Waals surface area contributed by atoms with Crippen LogP contribution in [-0.2, 0) is 28.5 Å². The number of esters is 1. The Balaban J connectivity index is 1.22. The van der Waals surface area contributed by atoms with Crippen LogP contribution in [0.3, 0.4) is 0 Å². The summed E-state index contributed by atoms with van der Waals surface area (Å²) < 4.78 is 45.5. The monoisotopic (exact) mass is 888 g/mol. The van der Waals surface area contributed by atoms with Crippen molar-refractivity contribution in [3.63, 3.8) is 0 Å². The normalized spacial score (nSPS) is 32.2. The molecule has 0 spiro atoms. The predicted molar refractivity (Wildman–Crippen MR) is 208 cm³/mol. The lowest BCUT2D eigenvalue weighted by atomic mass is 9.98. The van der Waals surface area contributed by atoms with Crippen molar-refractivity contribution in [3.05, 3.63) is 76.5 Å². The maximum atomic E-state index is 14.1. The van der Waals surface area contributed by atoms with Crippen molar-refractivity contribution in [3.8, 4) is 45.8 Å². The zero-order chi connectivity index (χ0) is 45.5. The van der Waals surface area contributed by atoms with E-state index in [1.807, 2.05) is 0 Å². The molecule has 3 saturated heterocycles. The number of fused-ring (bicyclic) bond motifs is 1. The van der Waals surface area contributed by atoms with Crippen molar-refractivity contribution in [2.75, 3.05) is 19.8 Å². The van der Waals surface area contributed by atoms with Crippen molar-refractivity contribution in [2.24, 2.45) is 0 Å². The van der Waals surface area contributed by atoms with E-state index in [1.165, 1.54) is 43.3 Å². The van der Waals surface area contributed by atoms with Gasteiger partial charge in [0.2, 0.25) is 23.8 Å². The lowest BCUT2D eigenvalue weighted by Crippen LogP contribution is -2.62. The molecule has 3 aliphatic rings. The number of carbonyl (C=O) groups excluding carboxylic acids is 1. The molecule has 22 nitrogen and oxygen atoms in total. The minimum atomic E-state index is -2.14. The molecule has 340 valence electrons. The van der Waals surface area contributed by atoms with Crippen LogP contribution < -0.4 is 14.9 Å². The molecule has 4 aromatic rings. The van der Waals surface area contributed by atoms with Crippen LogP contribution in [0.4, 0.5) is 0 Å². The average Bonchev–Trinajstić information content (AvgIpc) is 3.54. The van der Waals surface area contributed by atoms with Crippen LogP contribution in [0.5, 0.6) is 34.5 Å². The quantitative estimate of drug-likeness (QED) is 0.0433. The molecule has 4 heterocycles. The summed E-state index contributed by atoms with van der Waals surface area (Å²) in [6.45, 7) is -0.749. The summed E-state index contributed by atoms with van der Waals surface area (Å²) in [5.74, 6) is -4.28. The van der Waals surface area contributed by atoms with E-state index in [1.54, 1.807) is 0 Å². The van der Waals surface area contributed by atoms with E-state index in [9.17, 15) is 70.9 Å². The molecule has 3 fully saturated rings. The Kier molecular flexibility index (Phi) is 13.2. The third-order valence-electron chi connectivity index (χ3n) is 10.6. The number of ether oxygens (including phenoxy) is 7. The second kappa shape index (κ2) is 18.2. The van der Waals surface area contributed by atoms with Crippen LogP contribution in [-0.4, -0.2) is 166 Å². The third-order valence-corrected chi connectivity index (χ3v) is 10.6. The number of hydrogen-bond donors (Lipinski definition) is 12. The van der Waals surface area contributed by atoms with Gasteiger partial charge in [0.05, 0.1) is 25.9 Å². The Morgan fingerprint density at radius 1 is 0.810 bits per heavy atom. The smallest absolute Gasteiger partial charge is 0.331 e. The lowest BCUT2D eigenvalue weighted by Gasteiger charge is -2.43. The highest BCUT2D eigenvalue weighted by atomic mass is 16.7. The molecule has 63 heavy (non-hydrogen) atoms. The van der Waals surface area contributed by atoms with Gasteiger partial charge in [-0.3, -0.25) is 4.79 Å². The Bertz CT molecular complexity index is 2370. The van der Waals surface area contributed by atoms with Crippen molar-refractivity contribution in [2.45, 2.75) is 86.3 Å². The predicted octanol–water partition coefficient (Wildman–Crippen LogP) is -1.60. The van der Waals surface area contributed by atoms with Crippen molar-refractivity contribution in [1.29, 1.82) is 0 Å². The molecule has 22 heteroatoms. The van der Waals surface area contributed by atoms with E-state index < -0.39 is 139 Å². The fraction of sp³-hybridized carbons (Fsp3) is 0.415. The molecule has 13 atom stereocenters. The second-order valence-corrected chi connectivity index (χ2v) is 15.1. The van der Waals surface area contributed by atoms with Gasteiger partial charge < -0.3 is 98.9 Å². The highest BCUT2D eigenvalue weighted by Crippen LogP contribution is 2.39. The number of phenolic OH excluding ortho intramolecular Hbond substituents is 4. The van der Waals surface area contributed by atoms with Crippen LogP contribution in [0, 0.1) is 0 Å². The number of phenols is 4. The van der Waals surface area contributed by atoms with Gasteiger partial charge in [-0.25, -0.2) is 4.79 Å². The van der Waals surface area contributed by atoms with Gasteiger partial charge in [0.25, 0.3) is 0 Å². The SMILES string of the molecule is CC1OC(OCC2OC(Oc3cc(O)c4c(=O)c(OC5OCC(O)(CO)C5O)c(-c5ccc(O)cc5)oc4c3)C(OC(=O)C=Cc3ccc(O)c(O)c3)C(O)C2O)C(O)C(O)C1O. The fourth-order valence-electron chi connectivity index (χ4n) is 6.97. The molecule has 1 aromatic heterocycles. The molecule has 12 N–H and O–H groups in total. The van der Waals surface area contributed by atoms with Crippen LogP contribution in [0.1, 0.15) is 12.5 Å². The standard InChI is InChI=1S/C41H44O22/c1-16-28(48)31(51)33(53)38(58-16)56-13-25-29(49)32(52)36(62-26(47)9-3-17-2-8-21(44)22(45)10-17)39(61-25)59-20-11-23(46)27-24(12-20)60-34(18-4-6-19(43)7-5-18)35(30(27)50)63-40-37(54)41(55,14-42)15-57-40/h2-12,16,25,28-29,31-33,36-40,42-46,48-49,51-55H,13-15H2,1H3. The number of carbonyl (C=O) groups is 1. The van der Waals surface area contributed by atoms with Crippen LogP contribution in [0.2, 0.25) is 0 Å². The first-order chi connectivity index (χ1) is 29.9. The molecule has 3 aliphatic heterocycles. The Morgan fingerprint density at radius 3 is 2.22 bits per heavy atom. The van der Waals surface area contributed by atoms with E-state index in [2.05, 4.69) is 0 Å². The summed E-state index contributed by atoms with van der Waals surface area (Å²) in [5.41, 5.74) is -3.16. The first-order valence-electron chi connectivity index (χ1n) is 19.2. The summed E-state index contributed by atoms with van der Waals surface area (Å²) in [7, 11) is 0. The van der Waals surface area contributed by atoms with Gasteiger partial charge in [-0.2, -0.15) is 0 Å². The summed E-state index contributed by atoms with van der Waals surface area (Å²) in [6.07, 6.45) is -18.1. The Morgan fingerprint density at radius 2 is 1.54 bits per heavy atom. The fourth-order valence-corrected chi connectivity index (χ4v) is 6.97. The molecular weight excluding hydrogens is 844 g/mol. The second-order valence-electron chi connectivity index (χ2n) is 15.1. The molecule has 0 radical (unpaired) electrons. The van der Waals surface area contributed by atoms with Gasteiger partial charge in [-0.1, -0.05) is 6.07 Å². The number of aliphatic hydroxyl groups is 8. The van der Waals surface area contributed by atoms with Crippen LogP contribution >= 0.6 is 0 Å². The highest BCUT2D eigenvalue weighted by molar-refractivity contribution is 5.89. The van der Waals surface area contributed by atoms with Crippen LogP contribution in [0.15, 0.2) is 69.9 Å². The third kappa shape index (κ3) is 9.24. The summed E-state index contributed by atoms with van der Waals surface area (Å²) in [6, 6.07) is 10.9. The molecular formula is C41H44O22. The number of aliphatic hydroxyl groups excluding tert-OH is 7. The Hall–Kier alpha value is -5.60. The lowest BCUT2D eigenvalue weighted by molar-refractivity contribution is -0.319. The number of hydrogen-bond acceptors (Lipinski definition) is 22. The Labute approximate surface area is 354 Å². The van der Waals surface area contributed by atoms with Crippen molar-refractivity contribution >= 4 is 23.0 Å². The molecule has 3 aromatic carbocycles. The minimum absolute atomic E-state index is 0.124. The molecule has 0 saturated carbocycles. The van der Waals surface area contributed by atoms with Gasteiger partial charge in [-0.05, 0) is 55.0 Å². The molecule has 0 aliphatic carbocycles.